The fourth-order valence-corrected chi connectivity index (χ4v) is 2.49. The Balaban J connectivity index is 1.87. The molecule has 0 saturated carbocycles. The van der Waals surface area contributed by atoms with Crippen molar-refractivity contribution in [2.75, 3.05) is 5.32 Å². The highest BCUT2D eigenvalue weighted by atomic mass is 16.1. The first kappa shape index (κ1) is 11.0. The number of anilines is 1. The number of benzene rings is 2. The minimum Gasteiger partial charge on any atom is -0.374 e. The molecule has 0 bridgehead atoms. The van der Waals surface area contributed by atoms with Gasteiger partial charge in [-0.1, -0.05) is 42.5 Å². The second-order valence-corrected chi connectivity index (χ2v) is 4.74. The van der Waals surface area contributed by atoms with Crippen molar-refractivity contribution in [1.82, 2.24) is 0 Å². The minimum atomic E-state index is -0.122. The van der Waals surface area contributed by atoms with Gasteiger partial charge in [-0.2, -0.15) is 0 Å². The van der Waals surface area contributed by atoms with Crippen LogP contribution in [0.15, 0.2) is 48.5 Å². The molecule has 18 heavy (non-hydrogen) atoms. The van der Waals surface area contributed by atoms with E-state index in [2.05, 4.69) is 11.4 Å². The van der Waals surface area contributed by atoms with Crippen LogP contribution in [0.25, 0.3) is 0 Å². The summed E-state index contributed by atoms with van der Waals surface area (Å²) in [6, 6.07) is 15.8. The van der Waals surface area contributed by atoms with E-state index < -0.39 is 0 Å². The van der Waals surface area contributed by atoms with E-state index in [1.165, 1.54) is 5.56 Å². The van der Waals surface area contributed by atoms with Crippen LogP contribution in [0.4, 0.5) is 5.69 Å². The standard InChI is InChI=1S/C16H15NO/c1-11-6-2-4-8-13(11)16(18)15-10-12-7-3-5-9-14(12)17-15/h2-9,15,17H,10H2,1H3. The molecule has 1 unspecified atom stereocenters. The lowest BCUT2D eigenvalue weighted by molar-refractivity contribution is 0.0971. The van der Waals surface area contributed by atoms with Crippen molar-refractivity contribution in [3.8, 4) is 0 Å². The zero-order valence-corrected chi connectivity index (χ0v) is 10.3. The number of nitrogens with one attached hydrogen (secondary N) is 1. The van der Waals surface area contributed by atoms with Crippen LogP contribution in [-0.2, 0) is 6.42 Å². The third-order valence-corrected chi connectivity index (χ3v) is 3.50. The van der Waals surface area contributed by atoms with Crippen LogP contribution in [0.3, 0.4) is 0 Å². The highest BCUT2D eigenvalue weighted by Gasteiger charge is 2.27. The van der Waals surface area contributed by atoms with Gasteiger partial charge in [-0.05, 0) is 24.1 Å². The van der Waals surface area contributed by atoms with E-state index in [0.717, 1.165) is 23.2 Å². The Morgan fingerprint density at radius 2 is 1.83 bits per heavy atom. The van der Waals surface area contributed by atoms with Crippen LogP contribution in [-0.4, -0.2) is 11.8 Å². The molecule has 0 saturated heterocycles. The molecule has 90 valence electrons. The third-order valence-electron chi connectivity index (χ3n) is 3.50. The van der Waals surface area contributed by atoms with Crippen LogP contribution in [0.5, 0.6) is 0 Å². The maximum atomic E-state index is 12.5. The molecule has 1 aliphatic rings. The predicted octanol–water partition coefficient (Wildman–Crippen LogP) is 3.21. The number of rotatable bonds is 2. The van der Waals surface area contributed by atoms with Gasteiger partial charge in [-0.15, -0.1) is 0 Å². The Bertz CT molecular complexity index is 579. The molecule has 0 aliphatic carbocycles. The SMILES string of the molecule is Cc1ccccc1C(=O)C1Cc2ccccc2N1. The lowest BCUT2D eigenvalue weighted by Gasteiger charge is -2.11. The second kappa shape index (κ2) is 4.30. The third kappa shape index (κ3) is 1.80. The van der Waals surface area contributed by atoms with Crippen molar-refractivity contribution < 1.29 is 4.79 Å². The first-order chi connectivity index (χ1) is 8.75. The highest BCUT2D eigenvalue weighted by molar-refractivity contribution is 6.03. The molecule has 1 atom stereocenters. The zero-order valence-electron chi connectivity index (χ0n) is 10.3. The summed E-state index contributed by atoms with van der Waals surface area (Å²) in [6.07, 6.45) is 0.781. The number of para-hydroxylation sites is 1. The average Bonchev–Trinajstić information content (AvgIpc) is 2.82. The maximum absolute atomic E-state index is 12.5. The fourth-order valence-electron chi connectivity index (χ4n) is 2.49. The van der Waals surface area contributed by atoms with Gasteiger partial charge >= 0.3 is 0 Å². The van der Waals surface area contributed by atoms with E-state index in [4.69, 9.17) is 0 Å². The number of hydrogen-bond acceptors (Lipinski definition) is 2. The summed E-state index contributed by atoms with van der Waals surface area (Å²) < 4.78 is 0. The quantitative estimate of drug-likeness (QED) is 0.812. The van der Waals surface area contributed by atoms with Crippen molar-refractivity contribution in [3.63, 3.8) is 0 Å². The van der Waals surface area contributed by atoms with E-state index in [9.17, 15) is 4.79 Å². The molecule has 2 heteroatoms. The van der Waals surface area contributed by atoms with E-state index in [-0.39, 0.29) is 11.8 Å². The van der Waals surface area contributed by atoms with Crippen molar-refractivity contribution in [1.29, 1.82) is 0 Å². The largest absolute Gasteiger partial charge is 0.374 e. The number of aryl methyl sites for hydroxylation is 1. The molecular weight excluding hydrogens is 222 g/mol. The molecule has 2 aromatic carbocycles. The maximum Gasteiger partial charge on any atom is 0.185 e. The molecule has 0 radical (unpaired) electrons. The Labute approximate surface area is 107 Å². The molecule has 0 spiro atoms. The van der Waals surface area contributed by atoms with Crippen molar-refractivity contribution in [3.05, 3.63) is 65.2 Å². The number of Topliss-reactive ketones (excluding diaryl/α,β-unsaturated/α-hetero) is 1. The normalized spacial score (nSPS) is 17.1. The summed E-state index contributed by atoms with van der Waals surface area (Å²) in [4.78, 5) is 12.5. The van der Waals surface area contributed by atoms with Crippen molar-refractivity contribution in [2.24, 2.45) is 0 Å². The summed E-state index contributed by atoms with van der Waals surface area (Å²) in [6.45, 7) is 1.98. The second-order valence-electron chi connectivity index (χ2n) is 4.74. The van der Waals surface area contributed by atoms with Crippen LogP contribution >= 0.6 is 0 Å². The van der Waals surface area contributed by atoms with Gasteiger partial charge in [0.1, 0.15) is 0 Å². The molecule has 1 N–H and O–H groups in total. The lowest BCUT2D eigenvalue weighted by atomic mass is 9.98. The number of fused-ring (bicyclic) bond motifs is 1. The molecule has 3 rings (SSSR count). The van der Waals surface area contributed by atoms with Crippen LogP contribution < -0.4 is 5.32 Å². The van der Waals surface area contributed by atoms with Gasteiger partial charge in [0.05, 0.1) is 6.04 Å². The van der Waals surface area contributed by atoms with Gasteiger partial charge < -0.3 is 5.32 Å². The van der Waals surface area contributed by atoms with Gasteiger partial charge in [0.25, 0.3) is 0 Å². The van der Waals surface area contributed by atoms with Crippen molar-refractivity contribution in [2.45, 2.75) is 19.4 Å². The Hall–Kier alpha value is -2.09. The molecule has 0 fully saturated rings. The first-order valence-corrected chi connectivity index (χ1v) is 6.20. The van der Waals surface area contributed by atoms with E-state index >= 15 is 0 Å². The van der Waals surface area contributed by atoms with Crippen LogP contribution in [0.1, 0.15) is 21.5 Å². The highest BCUT2D eigenvalue weighted by Crippen LogP contribution is 2.27. The summed E-state index contributed by atoms with van der Waals surface area (Å²) in [5, 5.41) is 3.31. The van der Waals surface area contributed by atoms with Gasteiger partial charge in [0.15, 0.2) is 5.78 Å². The van der Waals surface area contributed by atoms with E-state index in [1.54, 1.807) is 0 Å². The smallest absolute Gasteiger partial charge is 0.185 e. The molecule has 1 heterocycles. The van der Waals surface area contributed by atoms with Gasteiger partial charge in [0, 0.05) is 17.7 Å². The number of hydrogen-bond donors (Lipinski definition) is 1. The number of carbonyl (C=O) groups excluding carboxylic acids is 1. The molecule has 0 amide bonds. The molecule has 2 aromatic rings. The summed E-state index contributed by atoms with van der Waals surface area (Å²) in [5.41, 5.74) is 4.18. The average molecular weight is 237 g/mol. The summed E-state index contributed by atoms with van der Waals surface area (Å²) >= 11 is 0. The minimum absolute atomic E-state index is 0.122. The Morgan fingerprint density at radius 3 is 2.61 bits per heavy atom. The summed E-state index contributed by atoms with van der Waals surface area (Å²) in [5.74, 6) is 0.185. The number of ketones is 1. The fraction of sp³-hybridized carbons (Fsp3) is 0.188. The van der Waals surface area contributed by atoms with Gasteiger partial charge in [-0.3, -0.25) is 4.79 Å². The van der Waals surface area contributed by atoms with Crippen molar-refractivity contribution >= 4 is 11.5 Å². The Kier molecular flexibility index (Phi) is 2.63. The number of carbonyl (C=O) groups is 1. The zero-order chi connectivity index (χ0) is 12.5. The van der Waals surface area contributed by atoms with E-state index in [0.29, 0.717) is 0 Å². The van der Waals surface area contributed by atoms with Gasteiger partial charge in [-0.25, -0.2) is 0 Å². The topological polar surface area (TPSA) is 29.1 Å². The lowest BCUT2D eigenvalue weighted by Crippen LogP contribution is -2.27. The monoisotopic (exact) mass is 237 g/mol. The van der Waals surface area contributed by atoms with Crippen LogP contribution in [0, 0.1) is 6.92 Å². The predicted molar refractivity (Wildman–Crippen MR) is 73.1 cm³/mol. The molecule has 2 nitrogen and oxygen atoms in total. The van der Waals surface area contributed by atoms with Gasteiger partial charge in [0.2, 0.25) is 0 Å². The van der Waals surface area contributed by atoms with Crippen LogP contribution in [0.2, 0.25) is 0 Å². The molecule has 1 aliphatic heterocycles. The summed E-state index contributed by atoms with van der Waals surface area (Å²) in [7, 11) is 0. The molecule has 0 aromatic heterocycles. The first-order valence-electron chi connectivity index (χ1n) is 6.20. The Morgan fingerprint density at radius 1 is 1.11 bits per heavy atom. The molecular formula is C16H15NO. The van der Waals surface area contributed by atoms with E-state index in [1.807, 2.05) is 49.4 Å².